The quantitative estimate of drug-likeness (QED) is 0.673. The van der Waals surface area contributed by atoms with Crippen LogP contribution in [0.3, 0.4) is 0 Å². The number of carbonyl (C=O) groups is 1. The van der Waals surface area contributed by atoms with E-state index in [1.54, 1.807) is 0 Å². The van der Waals surface area contributed by atoms with Gasteiger partial charge in [-0.15, -0.1) is 24.8 Å². The Kier molecular flexibility index (Phi) is 14.5. The summed E-state index contributed by atoms with van der Waals surface area (Å²) >= 11 is 0. The second kappa shape index (κ2) is 13.7. The van der Waals surface area contributed by atoms with Gasteiger partial charge in [-0.3, -0.25) is 4.79 Å². The molecule has 2 N–H and O–H groups in total. The zero-order valence-corrected chi connectivity index (χ0v) is 15.4. The SMILES string of the molecule is CCN(CCNC(=O)CCCNC)c1cccc(C)c1.Cl.Cl. The first kappa shape index (κ1) is 23.3. The summed E-state index contributed by atoms with van der Waals surface area (Å²) in [4.78, 5) is 13.9. The Morgan fingerprint density at radius 2 is 1.95 bits per heavy atom. The van der Waals surface area contributed by atoms with Crippen molar-refractivity contribution < 1.29 is 4.79 Å². The van der Waals surface area contributed by atoms with Crippen molar-refractivity contribution in [3.05, 3.63) is 29.8 Å². The van der Waals surface area contributed by atoms with E-state index in [4.69, 9.17) is 0 Å². The normalized spacial score (nSPS) is 9.41. The number of halogens is 2. The van der Waals surface area contributed by atoms with E-state index in [1.807, 2.05) is 7.05 Å². The van der Waals surface area contributed by atoms with Crippen LogP contribution in [0, 0.1) is 6.92 Å². The number of hydrogen-bond donors (Lipinski definition) is 2. The molecule has 0 radical (unpaired) electrons. The van der Waals surface area contributed by atoms with Crippen LogP contribution in [-0.2, 0) is 4.79 Å². The molecule has 0 unspecified atom stereocenters. The largest absolute Gasteiger partial charge is 0.370 e. The molecule has 0 atom stereocenters. The van der Waals surface area contributed by atoms with Gasteiger partial charge in [-0.05, 0) is 51.6 Å². The lowest BCUT2D eigenvalue weighted by Crippen LogP contribution is -2.35. The molecule has 0 saturated carbocycles. The summed E-state index contributed by atoms with van der Waals surface area (Å²) in [6.07, 6.45) is 1.48. The van der Waals surface area contributed by atoms with Crippen molar-refractivity contribution >= 4 is 36.4 Å². The third-order valence-corrected chi connectivity index (χ3v) is 3.28. The smallest absolute Gasteiger partial charge is 0.220 e. The molecule has 1 aromatic rings. The van der Waals surface area contributed by atoms with Gasteiger partial charge in [0.15, 0.2) is 0 Å². The zero-order valence-electron chi connectivity index (χ0n) is 13.7. The highest BCUT2D eigenvalue weighted by molar-refractivity contribution is 5.85. The van der Waals surface area contributed by atoms with Crippen LogP contribution in [0.1, 0.15) is 25.3 Å². The molecule has 0 aromatic heterocycles. The molecule has 1 rings (SSSR count). The molecule has 0 aliphatic heterocycles. The van der Waals surface area contributed by atoms with E-state index in [0.717, 1.165) is 26.1 Å². The molecule has 0 fully saturated rings. The van der Waals surface area contributed by atoms with E-state index in [2.05, 4.69) is 53.6 Å². The van der Waals surface area contributed by atoms with Gasteiger partial charge in [0.1, 0.15) is 0 Å². The summed E-state index contributed by atoms with van der Waals surface area (Å²) in [5.41, 5.74) is 2.48. The van der Waals surface area contributed by atoms with E-state index in [9.17, 15) is 4.79 Å². The van der Waals surface area contributed by atoms with Crippen molar-refractivity contribution in [3.8, 4) is 0 Å². The lowest BCUT2D eigenvalue weighted by atomic mass is 10.2. The summed E-state index contributed by atoms with van der Waals surface area (Å²) in [7, 11) is 1.90. The first-order valence-electron chi connectivity index (χ1n) is 7.40. The van der Waals surface area contributed by atoms with E-state index in [-0.39, 0.29) is 30.7 Å². The van der Waals surface area contributed by atoms with Crippen LogP contribution >= 0.6 is 24.8 Å². The summed E-state index contributed by atoms with van der Waals surface area (Å²) in [6, 6.07) is 8.47. The maximum absolute atomic E-state index is 11.6. The summed E-state index contributed by atoms with van der Waals surface area (Å²) in [5.74, 6) is 0.139. The van der Waals surface area contributed by atoms with Crippen LogP contribution in [-0.4, -0.2) is 39.1 Å². The Balaban J connectivity index is 0. The molecule has 128 valence electrons. The van der Waals surface area contributed by atoms with E-state index >= 15 is 0 Å². The highest BCUT2D eigenvalue weighted by atomic mass is 35.5. The van der Waals surface area contributed by atoms with Gasteiger partial charge in [0.2, 0.25) is 5.91 Å². The van der Waals surface area contributed by atoms with Crippen LogP contribution in [0.5, 0.6) is 0 Å². The third-order valence-electron chi connectivity index (χ3n) is 3.28. The predicted octanol–water partition coefficient (Wildman–Crippen LogP) is 2.78. The fourth-order valence-corrected chi connectivity index (χ4v) is 2.14. The summed E-state index contributed by atoms with van der Waals surface area (Å²) < 4.78 is 0. The van der Waals surface area contributed by atoms with Crippen molar-refractivity contribution in [2.75, 3.05) is 38.1 Å². The number of amides is 1. The molecule has 0 spiro atoms. The molecule has 6 heteroatoms. The minimum Gasteiger partial charge on any atom is -0.370 e. The maximum atomic E-state index is 11.6. The molecule has 0 saturated heterocycles. The second-order valence-electron chi connectivity index (χ2n) is 4.98. The van der Waals surface area contributed by atoms with Gasteiger partial charge in [-0.1, -0.05) is 12.1 Å². The standard InChI is InChI=1S/C16H27N3O.2ClH/c1-4-19(15-8-5-7-14(2)13-15)12-11-18-16(20)9-6-10-17-3;;/h5,7-8,13,17H,4,6,9-12H2,1-3H3,(H,18,20);2*1H. The van der Waals surface area contributed by atoms with Gasteiger partial charge in [0.05, 0.1) is 0 Å². The minimum absolute atomic E-state index is 0. The molecule has 0 aliphatic carbocycles. The molecule has 1 amide bonds. The molecule has 0 bridgehead atoms. The highest BCUT2D eigenvalue weighted by Crippen LogP contribution is 2.14. The first-order valence-corrected chi connectivity index (χ1v) is 7.40. The number of likely N-dealkylation sites (N-methyl/N-ethyl adjacent to an activating group) is 1. The molecule has 0 heterocycles. The van der Waals surface area contributed by atoms with Crippen molar-refractivity contribution in [2.45, 2.75) is 26.7 Å². The second-order valence-corrected chi connectivity index (χ2v) is 4.98. The fourth-order valence-electron chi connectivity index (χ4n) is 2.14. The molecule has 1 aromatic carbocycles. The number of carbonyl (C=O) groups excluding carboxylic acids is 1. The Morgan fingerprint density at radius 1 is 1.23 bits per heavy atom. The topological polar surface area (TPSA) is 44.4 Å². The Bertz CT molecular complexity index is 416. The average molecular weight is 350 g/mol. The van der Waals surface area contributed by atoms with Crippen molar-refractivity contribution in [1.29, 1.82) is 0 Å². The summed E-state index contributed by atoms with van der Waals surface area (Å²) in [5, 5.41) is 6.03. The third kappa shape index (κ3) is 9.13. The molecule has 0 aliphatic rings. The van der Waals surface area contributed by atoms with E-state index < -0.39 is 0 Å². The van der Waals surface area contributed by atoms with Crippen LogP contribution in [0.25, 0.3) is 0 Å². The average Bonchev–Trinajstić information content (AvgIpc) is 2.44. The van der Waals surface area contributed by atoms with Gasteiger partial charge in [0, 0.05) is 31.7 Å². The van der Waals surface area contributed by atoms with Crippen LogP contribution in [0.2, 0.25) is 0 Å². The van der Waals surface area contributed by atoms with Gasteiger partial charge in [-0.25, -0.2) is 0 Å². The number of nitrogens with zero attached hydrogens (tertiary/aromatic N) is 1. The van der Waals surface area contributed by atoms with Crippen LogP contribution in [0.15, 0.2) is 24.3 Å². The number of hydrogen-bond acceptors (Lipinski definition) is 3. The zero-order chi connectivity index (χ0) is 14.8. The minimum atomic E-state index is 0. The molecule has 4 nitrogen and oxygen atoms in total. The Labute approximate surface area is 146 Å². The fraction of sp³-hybridized carbons (Fsp3) is 0.562. The lowest BCUT2D eigenvalue weighted by molar-refractivity contribution is -0.121. The maximum Gasteiger partial charge on any atom is 0.220 e. The van der Waals surface area contributed by atoms with Gasteiger partial charge in [-0.2, -0.15) is 0 Å². The van der Waals surface area contributed by atoms with Gasteiger partial charge in [0.25, 0.3) is 0 Å². The molecular weight excluding hydrogens is 321 g/mol. The van der Waals surface area contributed by atoms with E-state index in [1.165, 1.54) is 11.3 Å². The number of nitrogens with one attached hydrogen (secondary N) is 2. The van der Waals surface area contributed by atoms with Crippen LogP contribution in [0.4, 0.5) is 5.69 Å². The molecular formula is C16H29Cl2N3O. The van der Waals surface area contributed by atoms with Gasteiger partial charge < -0.3 is 15.5 Å². The Hall–Kier alpha value is -0.970. The van der Waals surface area contributed by atoms with Crippen molar-refractivity contribution in [3.63, 3.8) is 0 Å². The van der Waals surface area contributed by atoms with Gasteiger partial charge >= 0.3 is 0 Å². The highest BCUT2D eigenvalue weighted by Gasteiger charge is 2.05. The van der Waals surface area contributed by atoms with E-state index in [0.29, 0.717) is 13.0 Å². The van der Waals surface area contributed by atoms with Crippen LogP contribution < -0.4 is 15.5 Å². The Morgan fingerprint density at radius 3 is 2.55 bits per heavy atom. The first-order chi connectivity index (χ1) is 9.67. The van der Waals surface area contributed by atoms with Crippen molar-refractivity contribution in [1.82, 2.24) is 10.6 Å². The predicted molar refractivity (Wildman–Crippen MR) is 99.7 cm³/mol. The number of anilines is 1. The monoisotopic (exact) mass is 349 g/mol. The lowest BCUT2D eigenvalue weighted by Gasteiger charge is -2.23. The number of benzene rings is 1. The summed E-state index contributed by atoms with van der Waals surface area (Å²) in [6.45, 7) is 7.60. The molecule has 22 heavy (non-hydrogen) atoms. The number of aryl methyl sites for hydroxylation is 1. The van der Waals surface area contributed by atoms with Crippen molar-refractivity contribution in [2.24, 2.45) is 0 Å². The number of rotatable bonds is 9.